The lowest BCUT2D eigenvalue weighted by atomic mass is 10.1. The first-order valence-corrected chi connectivity index (χ1v) is 8.03. The normalized spacial score (nSPS) is 16.9. The van der Waals surface area contributed by atoms with Gasteiger partial charge in [0, 0.05) is 25.1 Å². The first kappa shape index (κ1) is 20.1. The number of anilines is 2. The van der Waals surface area contributed by atoms with Crippen LogP contribution in [-0.2, 0) is 9.59 Å². The Kier molecular flexibility index (Phi) is 7.35. The highest BCUT2D eigenvalue weighted by molar-refractivity contribution is 5.99. The summed E-state index contributed by atoms with van der Waals surface area (Å²) in [4.78, 5) is 26.5. The van der Waals surface area contributed by atoms with Crippen molar-refractivity contribution in [2.45, 2.75) is 39.2 Å². The standard InChI is InChI=1S/C17H25N3O3.ClH/c1-4-12(5-2)20-10-11(8-16(20)21)17(22)19-15-9-13(23-3)6-7-14(15)18;/h6-7,9,11-12H,4-5,8,10,18H2,1-3H3,(H,19,22);1H. The quantitative estimate of drug-likeness (QED) is 0.768. The molecule has 0 aromatic heterocycles. The van der Waals surface area contributed by atoms with E-state index in [1.54, 1.807) is 25.3 Å². The monoisotopic (exact) mass is 355 g/mol. The van der Waals surface area contributed by atoms with Crippen LogP contribution in [0.3, 0.4) is 0 Å². The molecular weight excluding hydrogens is 330 g/mol. The van der Waals surface area contributed by atoms with Crippen LogP contribution in [0.25, 0.3) is 0 Å². The zero-order chi connectivity index (χ0) is 17.0. The van der Waals surface area contributed by atoms with Crippen LogP contribution in [0.4, 0.5) is 11.4 Å². The van der Waals surface area contributed by atoms with Crippen molar-refractivity contribution < 1.29 is 14.3 Å². The van der Waals surface area contributed by atoms with Gasteiger partial charge in [0.2, 0.25) is 11.8 Å². The number of carbonyl (C=O) groups is 2. The smallest absolute Gasteiger partial charge is 0.229 e. The van der Waals surface area contributed by atoms with E-state index in [4.69, 9.17) is 10.5 Å². The molecule has 0 bridgehead atoms. The molecule has 7 heteroatoms. The molecule has 0 saturated carbocycles. The van der Waals surface area contributed by atoms with Crippen molar-refractivity contribution in [1.29, 1.82) is 0 Å². The third-order valence-corrected chi connectivity index (χ3v) is 4.43. The van der Waals surface area contributed by atoms with E-state index in [1.165, 1.54) is 0 Å². The molecule has 1 aromatic carbocycles. The Morgan fingerprint density at radius 1 is 1.42 bits per heavy atom. The maximum Gasteiger partial charge on any atom is 0.229 e. The van der Waals surface area contributed by atoms with Crippen molar-refractivity contribution in [1.82, 2.24) is 4.90 Å². The fraction of sp³-hybridized carbons (Fsp3) is 0.529. The third-order valence-electron chi connectivity index (χ3n) is 4.43. The van der Waals surface area contributed by atoms with E-state index >= 15 is 0 Å². The molecule has 1 heterocycles. The first-order chi connectivity index (χ1) is 11.0. The van der Waals surface area contributed by atoms with Gasteiger partial charge in [0.1, 0.15) is 5.75 Å². The number of methoxy groups -OCH3 is 1. The number of nitrogens with one attached hydrogen (secondary N) is 1. The van der Waals surface area contributed by atoms with Crippen molar-refractivity contribution in [2.75, 3.05) is 24.7 Å². The Labute approximate surface area is 149 Å². The topological polar surface area (TPSA) is 84.7 Å². The van der Waals surface area contributed by atoms with Gasteiger partial charge in [0.05, 0.1) is 24.4 Å². The molecule has 24 heavy (non-hydrogen) atoms. The third kappa shape index (κ3) is 4.32. The maximum absolute atomic E-state index is 12.5. The Hall–Kier alpha value is -1.95. The largest absolute Gasteiger partial charge is 0.497 e. The number of carbonyl (C=O) groups excluding carboxylic acids is 2. The van der Waals surface area contributed by atoms with Gasteiger partial charge in [0.15, 0.2) is 0 Å². The van der Waals surface area contributed by atoms with Crippen LogP contribution in [-0.4, -0.2) is 36.4 Å². The molecule has 0 spiro atoms. The average Bonchev–Trinajstić information content (AvgIpc) is 2.93. The molecule has 2 amide bonds. The minimum Gasteiger partial charge on any atom is -0.497 e. The summed E-state index contributed by atoms with van der Waals surface area (Å²) in [5.74, 6) is 0.161. The van der Waals surface area contributed by atoms with Gasteiger partial charge in [-0.25, -0.2) is 0 Å². The predicted molar refractivity (Wildman–Crippen MR) is 97.5 cm³/mol. The molecule has 1 fully saturated rings. The number of nitrogen functional groups attached to an aromatic ring is 1. The molecule has 6 nitrogen and oxygen atoms in total. The molecule has 1 aliphatic rings. The molecule has 1 aromatic rings. The zero-order valence-corrected chi connectivity index (χ0v) is 15.2. The van der Waals surface area contributed by atoms with E-state index in [-0.39, 0.29) is 42.6 Å². The second-order valence-electron chi connectivity index (χ2n) is 5.86. The summed E-state index contributed by atoms with van der Waals surface area (Å²) in [7, 11) is 1.56. The second-order valence-corrected chi connectivity index (χ2v) is 5.86. The highest BCUT2D eigenvalue weighted by atomic mass is 35.5. The van der Waals surface area contributed by atoms with Crippen molar-refractivity contribution in [3.63, 3.8) is 0 Å². The van der Waals surface area contributed by atoms with Crippen LogP contribution < -0.4 is 15.8 Å². The van der Waals surface area contributed by atoms with Crippen molar-refractivity contribution in [3.05, 3.63) is 18.2 Å². The summed E-state index contributed by atoms with van der Waals surface area (Å²) in [6, 6.07) is 5.31. The molecule has 2 rings (SSSR count). The summed E-state index contributed by atoms with van der Waals surface area (Å²) in [5.41, 5.74) is 6.88. The molecule has 3 N–H and O–H groups in total. The lowest BCUT2D eigenvalue weighted by Gasteiger charge is -2.26. The summed E-state index contributed by atoms with van der Waals surface area (Å²) < 4.78 is 5.14. The van der Waals surface area contributed by atoms with Crippen LogP contribution >= 0.6 is 12.4 Å². The number of hydrogen-bond acceptors (Lipinski definition) is 4. The average molecular weight is 356 g/mol. The Bertz CT molecular complexity index is 590. The number of halogens is 1. The Balaban J connectivity index is 0.00000288. The molecule has 1 unspecified atom stereocenters. The van der Waals surface area contributed by atoms with Crippen molar-refractivity contribution >= 4 is 35.6 Å². The van der Waals surface area contributed by atoms with Gasteiger partial charge in [-0.3, -0.25) is 9.59 Å². The zero-order valence-electron chi connectivity index (χ0n) is 14.4. The van der Waals surface area contributed by atoms with Gasteiger partial charge >= 0.3 is 0 Å². The van der Waals surface area contributed by atoms with Gasteiger partial charge in [-0.15, -0.1) is 12.4 Å². The number of amides is 2. The SMILES string of the molecule is CCC(CC)N1CC(C(=O)Nc2cc(OC)ccc2N)CC1=O.Cl. The van der Waals surface area contributed by atoms with Gasteiger partial charge in [0.25, 0.3) is 0 Å². The number of hydrogen-bond donors (Lipinski definition) is 2. The highest BCUT2D eigenvalue weighted by Gasteiger charge is 2.37. The van der Waals surface area contributed by atoms with Crippen LogP contribution in [0.5, 0.6) is 5.75 Å². The Morgan fingerprint density at radius 2 is 2.08 bits per heavy atom. The van der Waals surface area contributed by atoms with Crippen LogP contribution in [0, 0.1) is 5.92 Å². The van der Waals surface area contributed by atoms with E-state index in [9.17, 15) is 9.59 Å². The Morgan fingerprint density at radius 3 is 2.67 bits per heavy atom. The maximum atomic E-state index is 12.5. The minimum atomic E-state index is -0.339. The lowest BCUT2D eigenvalue weighted by Crippen LogP contribution is -2.36. The fourth-order valence-electron chi connectivity index (χ4n) is 3.00. The number of rotatable bonds is 6. The second kappa shape index (κ2) is 8.78. The van der Waals surface area contributed by atoms with Crippen molar-refractivity contribution in [3.8, 4) is 5.75 Å². The number of nitrogens with zero attached hydrogens (tertiary/aromatic N) is 1. The van der Waals surface area contributed by atoms with E-state index in [2.05, 4.69) is 19.2 Å². The van der Waals surface area contributed by atoms with E-state index in [1.807, 2.05) is 4.90 Å². The van der Waals surface area contributed by atoms with E-state index in [0.717, 1.165) is 12.8 Å². The molecular formula is C17H26ClN3O3. The summed E-state index contributed by atoms with van der Waals surface area (Å²) >= 11 is 0. The summed E-state index contributed by atoms with van der Waals surface area (Å²) in [5, 5.41) is 2.82. The minimum absolute atomic E-state index is 0. The van der Waals surface area contributed by atoms with Gasteiger partial charge in [-0.1, -0.05) is 13.8 Å². The number of benzene rings is 1. The van der Waals surface area contributed by atoms with Gasteiger partial charge < -0.3 is 20.7 Å². The summed E-state index contributed by atoms with van der Waals surface area (Å²) in [6.07, 6.45) is 2.06. The lowest BCUT2D eigenvalue weighted by molar-refractivity contribution is -0.130. The van der Waals surface area contributed by atoms with Crippen molar-refractivity contribution in [2.24, 2.45) is 5.92 Å². The number of nitrogens with two attached hydrogens (primary N) is 1. The van der Waals surface area contributed by atoms with Gasteiger partial charge in [-0.05, 0) is 25.0 Å². The fourth-order valence-corrected chi connectivity index (χ4v) is 3.00. The number of likely N-dealkylation sites (tertiary alicyclic amines) is 1. The van der Waals surface area contributed by atoms with E-state index in [0.29, 0.717) is 23.7 Å². The molecule has 0 aliphatic carbocycles. The number of ether oxygens (including phenoxy) is 1. The molecule has 1 saturated heterocycles. The van der Waals surface area contributed by atoms with Crippen LogP contribution in [0.1, 0.15) is 33.1 Å². The first-order valence-electron chi connectivity index (χ1n) is 8.03. The van der Waals surface area contributed by atoms with E-state index < -0.39 is 0 Å². The van der Waals surface area contributed by atoms with Crippen LogP contribution in [0.2, 0.25) is 0 Å². The predicted octanol–water partition coefficient (Wildman–Crippen LogP) is 2.67. The molecule has 134 valence electrons. The van der Waals surface area contributed by atoms with Gasteiger partial charge in [-0.2, -0.15) is 0 Å². The molecule has 1 atom stereocenters. The summed E-state index contributed by atoms with van der Waals surface area (Å²) in [6.45, 7) is 4.60. The van der Waals surface area contributed by atoms with Crippen LogP contribution in [0.15, 0.2) is 18.2 Å². The molecule has 0 radical (unpaired) electrons. The highest BCUT2D eigenvalue weighted by Crippen LogP contribution is 2.28. The molecule has 1 aliphatic heterocycles.